The zero-order chi connectivity index (χ0) is 9.56. The molecule has 2 heteroatoms. The highest BCUT2D eigenvalue weighted by Crippen LogP contribution is 2.06. The lowest BCUT2D eigenvalue weighted by molar-refractivity contribution is 0.627. The van der Waals surface area contributed by atoms with E-state index in [-0.39, 0.29) is 5.82 Å². The van der Waals surface area contributed by atoms with Gasteiger partial charge in [0.2, 0.25) is 0 Å². The Morgan fingerprint density at radius 3 is 2.00 bits per heavy atom. The second kappa shape index (κ2) is 5.35. The Hall–Kier alpha value is -1.31. The molecule has 1 aromatic carbocycles. The van der Waals surface area contributed by atoms with E-state index < -0.39 is 0 Å². The Kier molecular flexibility index (Phi) is 4.77. The lowest BCUT2D eigenvalue weighted by Gasteiger charge is -1.96. The van der Waals surface area contributed by atoms with E-state index in [1.54, 1.807) is 12.1 Å². The summed E-state index contributed by atoms with van der Waals surface area (Å²) in [7, 11) is 0. The van der Waals surface area contributed by atoms with Gasteiger partial charge in [0, 0.05) is 5.70 Å². The highest BCUT2D eigenvalue weighted by atomic mass is 19.1. The van der Waals surface area contributed by atoms with Gasteiger partial charge in [0.05, 0.1) is 0 Å². The molecule has 0 unspecified atom stereocenters. The maximum Gasteiger partial charge on any atom is 0.123 e. The van der Waals surface area contributed by atoms with Crippen LogP contribution in [-0.2, 0) is 0 Å². The summed E-state index contributed by atoms with van der Waals surface area (Å²) >= 11 is 0. The first-order valence-electron chi connectivity index (χ1n) is 3.90. The van der Waals surface area contributed by atoms with Crippen molar-refractivity contribution in [2.24, 2.45) is 5.73 Å². The number of halogens is 1. The lowest BCUT2D eigenvalue weighted by atomic mass is 10.2. The van der Waals surface area contributed by atoms with Gasteiger partial charge in [0.25, 0.3) is 0 Å². The molecule has 0 radical (unpaired) electrons. The van der Waals surface area contributed by atoms with Crippen molar-refractivity contribution >= 4 is 5.70 Å². The van der Waals surface area contributed by atoms with Gasteiger partial charge in [-0.25, -0.2) is 4.39 Å². The molecule has 0 atom stereocenters. The molecule has 0 spiro atoms. The summed E-state index contributed by atoms with van der Waals surface area (Å²) in [4.78, 5) is 0. The van der Waals surface area contributed by atoms with Crippen molar-refractivity contribution < 1.29 is 4.39 Å². The Morgan fingerprint density at radius 1 is 1.25 bits per heavy atom. The van der Waals surface area contributed by atoms with E-state index in [9.17, 15) is 4.39 Å². The van der Waals surface area contributed by atoms with E-state index >= 15 is 0 Å². The largest absolute Gasteiger partial charge is 0.399 e. The van der Waals surface area contributed by atoms with Crippen molar-refractivity contribution in [3.05, 3.63) is 42.2 Å². The first-order chi connectivity index (χ1) is 5.70. The summed E-state index contributed by atoms with van der Waals surface area (Å²) in [6.07, 6.45) is 0. The average Bonchev–Trinajstić information content (AvgIpc) is 2.09. The van der Waals surface area contributed by atoms with Crippen LogP contribution in [-0.4, -0.2) is 0 Å². The van der Waals surface area contributed by atoms with Gasteiger partial charge in [-0.1, -0.05) is 32.6 Å². The summed E-state index contributed by atoms with van der Waals surface area (Å²) in [6.45, 7) is 7.51. The minimum absolute atomic E-state index is 0.259. The van der Waals surface area contributed by atoms with Crippen molar-refractivity contribution in [3.63, 3.8) is 0 Å². The summed E-state index contributed by atoms with van der Waals surface area (Å²) in [5, 5.41) is 0. The van der Waals surface area contributed by atoms with Gasteiger partial charge in [0.15, 0.2) is 0 Å². The van der Waals surface area contributed by atoms with E-state index in [1.807, 2.05) is 13.8 Å². The first-order valence-corrected chi connectivity index (χ1v) is 3.90. The fraction of sp³-hybridized carbons (Fsp3) is 0.200. The molecule has 66 valence electrons. The van der Waals surface area contributed by atoms with Gasteiger partial charge in [-0.2, -0.15) is 0 Å². The monoisotopic (exact) mass is 167 g/mol. The van der Waals surface area contributed by atoms with Crippen LogP contribution < -0.4 is 5.73 Å². The van der Waals surface area contributed by atoms with Gasteiger partial charge in [-0.15, -0.1) is 0 Å². The molecular formula is C10H14FN. The van der Waals surface area contributed by atoms with Crippen molar-refractivity contribution in [3.8, 4) is 0 Å². The van der Waals surface area contributed by atoms with E-state index in [0.29, 0.717) is 5.70 Å². The highest BCUT2D eigenvalue weighted by molar-refractivity contribution is 5.59. The van der Waals surface area contributed by atoms with Crippen LogP contribution in [0.2, 0.25) is 0 Å². The van der Waals surface area contributed by atoms with Gasteiger partial charge < -0.3 is 5.73 Å². The number of nitrogens with two attached hydrogens (primary N) is 1. The molecule has 1 aromatic rings. The molecule has 0 heterocycles. The molecule has 0 amide bonds. The van der Waals surface area contributed by atoms with Gasteiger partial charge in [0.1, 0.15) is 5.82 Å². The topological polar surface area (TPSA) is 26.0 Å². The highest BCUT2D eigenvalue weighted by Gasteiger charge is 1.92. The second-order valence-electron chi connectivity index (χ2n) is 2.03. The van der Waals surface area contributed by atoms with Crippen LogP contribution in [0.25, 0.3) is 5.70 Å². The van der Waals surface area contributed by atoms with Crippen LogP contribution in [0.3, 0.4) is 0 Å². The molecular weight excluding hydrogens is 153 g/mol. The third-order valence-electron chi connectivity index (χ3n) is 1.22. The van der Waals surface area contributed by atoms with Crippen molar-refractivity contribution in [1.29, 1.82) is 0 Å². The van der Waals surface area contributed by atoms with Crippen LogP contribution >= 0.6 is 0 Å². The second-order valence-corrected chi connectivity index (χ2v) is 2.03. The molecule has 0 aliphatic carbocycles. The molecule has 0 aromatic heterocycles. The first kappa shape index (κ1) is 10.7. The summed E-state index contributed by atoms with van der Waals surface area (Å²) in [5.41, 5.74) is 6.57. The molecule has 12 heavy (non-hydrogen) atoms. The Labute approximate surface area is 72.7 Å². The van der Waals surface area contributed by atoms with Crippen LogP contribution in [0.5, 0.6) is 0 Å². The predicted octanol–water partition coefficient (Wildman–Crippen LogP) is 2.78. The Balaban J connectivity index is 0.000000561. The summed E-state index contributed by atoms with van der Waals surface area (Å²) < 4.78 is 12.3. The fourth-order valence-corrected chi connectivity index (χ4v) is 0.664. The van der Waals surface area contributed by atoms with Crippen molar-refractivity contribution in [1.82, 2.24) is 0 Å². The van der Waals surface area contributed by atoms with Crippen molar-refractivity contribution in [2.75, 3.05) is 0 Å². The van der Waals surface area contributed by atoms with Crippen LogP contribution in [0.15, 0.2) is 30.8 Å². The Bertz CT molecular complexity index is 239. The molecule has 1 nitrogen and oxygen atoms in total. The zero-order valence-corrected chi connectivity index (χ0v) is 7.47. The van der Waals surface area contributed by atoms with Gasteiger partial charge in [-0.3, -0.25) is 0 Å². The lowest BCUT2D eigenvalue weighted by Crippen LogP contribution is -1.92. The standard InChI is InChI=1S/C8H8FN.C2H6/c1-6(10)7-2-4-8(9)5-3-7;1-2/h2-5H,1,10H2;1-2H3. The third kappa shape index (κ3) is 3.19. The van der Waals surface area contributed by atoms with E-state index in [4.69, 9.17) is 5.73 Å². The normalized spacial score (nSPS) is 8.25. The molecule has 0 bridgehead atoms. The average molecular weight is 167 g/mol. The number of rotatable bonds is 1. The van der Waals surface area contributed by atoms with Crippen LogP contribution in [0, 0.1) is 5.82 Å². The number of benzene rings is 1. The SMILES string of the molecule is C=C(N)c1ccc(F)cc1.CC. The molecule has 1 rings (SSSR count). The number of hydrogen-bond acceptors (Lipinski definition) is 1. The third-order valence-corrected chi connectivity index (χ3v) is 1.22. The van der Waals surface area contributed by atoms with Gasteiger partial charge in [-0.05, 0) is 17.7 Å². The minimum Gasteiger partial charge on any atom is -0.399 e. The van der Waals surface area contributed by atoms with Crippen molar-refractivity contribution in [2.45, 2.75) is 13.8 Å². The molecule has 0 saturated carbocycles. The summed E-state index contributed by atoms with van der Waals surface area (Å²) in [5.74, 6) is -0.259. The van der Waals surface area contributed by atoms with E-state index in [0.717, 1.165) is 5.56 Å². The maximum atomic E-state index is 12.3. The molecule has 0 fully saturated rings. The predicted molar refractivity (Wildman–Crippen MR) is 51.0 cm³/mol. The van der Waals surface area contributed by atoms with E-state index in [2.05, 4.69) is 6.58 Å². The van der Waals surface area contributed by atoms with E-state index in [1.165, 1.54) is 12.1 Å². The maximum absolute atomic E-state index is 12.3. The zero-order valence-electron chi connectivity index (χ0n) is 7.47. The fourth-order valence-electron chi connectivity index (χ4n) is 0.664. The molecule has 2 N–H and O–H groups in total. The van der Waals surface area contributed by atoms with Gasteiger partial charge >= 0.3 is 0 Å². The molecule has 0 aliphatic rings. The molecule has 0 saturated heterocycles. The Morgan fingerprint density at radius 2 is 1.67 bits per heavy atom. The quantitative estimate of drug-likeness (QED) is 0.683. The summed E-state index contributed by atoms with van der Waals surface area (Å²) in [6, 6.07) is 5.90. The van der Waals surface area contributed by atoms with Crippen LogP contribution in [0.4, 0.5) is 4.39 Å². The minimum atomic E-state index is -0.259. The molecule has 0 aliphatic heterocycles. The van der Waals surface area contributed by atoms with Crippen LogP contribution in [0.1, 0.15) is 19.4 Å². The number of hydrogen-bond donors (Lipinski definition) is 1. The smallest absolute Gasteiger partial charge is 0.123 e.